The van der Waals surface area contributed by atoms with E-state index >= 15 is 19.2 Å². The summed E-state index contributed by atoms with van der Waals surface area (Å²) >= 11 is 0. The van der Waals surface area contributed by atoms with Gasteiger partial charge in [0.15, 0.2) is 12.1 Å². The number of esters is 1. The number of carbonyl (C=O) groups excluding carboxylic acids is 9. The van der Waals surface area contributed by atoms with Gasteiger partial charge in [0.05, 0.1) is 5.60 Å². The van der Waals surface area contributed by atoms with E-state index in [-0.39, 0.29) is 44.6 Å². The number of benzene rings is 4. The summed E-state index contributed by atoms with van der Waals surface area (Å²) in [5.74, 6) is -7.66. The lowest BCUT2D eigenvalue weighted by Crippen LogP contribution is -2.62. The average molecular weight is 1200 g/mol. The smallest absolute Gasteiger partial charge is 0.332 e. The molecular weight excluding hydrogens is 1100 g/mol. The molecule has 6 rings (SSSR count). The third-order valence-electron chi connectivity index (χ3n) is 17.7. The summed E-state index contributed by atoms with van der Waals surface area (Å²) in [5, 5.41) is 22.5. The number of ether oxygens (including phenoxy) is 1. The van der Waals surface area contributed by atoms with Crippen molar-refractivity contribution in [2.75, 3.05) is 34.7 Å². The van der Waals surface area contributed by atoms with Crippen LogP contribution in [0, 0.1) is 17.8 Å². The molecule has 2 fully saturated rings. The minimum absolute atomic E-state index is 0.00555. The number of amides is 8. The molecule has 0 radical (unpaired) electrons. The van der Waals surface area contributed by atoms with Crippen molar-refractivity contribution < 1.29 is 53.0 Å². The number of nitrogens with zero attached hydrogens (tertiary/aromatic N) is 5. The van der Waals surface area contributed by atoms with Crippen LogP contribution in [0.1, 0.15) is 125 Å². The van der Waals surface area contributed by atoms with Crippen LogP contribution in [0.5, 0.6) is 0 Å². The van der Waals surface area contributed by atoms with Crippen molar-refractivity contribution in [3.63, 3.8) is 0 Å². The second-order valence-electron chi connectivity index (χ2n) is 25.0. The van der Waals surface area contributed by atoms with Crippen molar-refractivity contribution in [3.8, 4) is 11.1 Å². The summed E-state index contributed by atoms with van der Waals surface area (Å²) in [4.78, 5) is 141. The molecule has 2 aliphatic heterocycles. The normalized spacial score (nSPS) is 25.0. The van der Waals surface area contributed by atoms with Crippen LogP contribution < -0.4 is 16.0 Å². The number of nitrogens with one attached hydrogen (secondary N) is 3. The number of likely N-dealkylation sites (N-methyl/N-ethyl adjacent to an activating group) is 4. The average Bonchev–Trinajstić information content (AvgIpc) is 2.14. The Balaban J connectivity index is 1.51. The van der Waals surface area contributed by atoms with Crippen LogP contribution in [0.25, 0.3) is 21.9 Å². The van der Waals surface area contributed by atoms with E-state index in [4.69, 9.17) is 4.74 Å². The number of cyclic esters (lactones) is 1. The van der Waals surface area contributed by atoms with Gasteiger partial charge in [0.25, 0.3) is 5.91 Å². The van der Waals surface area contributed by atoms with Gasteiger partial charge < -0.3 is 50.3 Å². The minimum Gasteiger partial charge on any atom is -0.450 e. The van der Waals surface area contributed by atoms with Gasteiger partial charge in [-0.3, -0.25) is 38.4 Å². The third-order valence-corrected chi connectivity index (χ3v) is 17.7. The van der Waals surface area contributed by atoms with Gasteiger partial charge in [-0.25, -0.2) is 4.79 Å². The third kappa shape index (κ3) is 16.5. The molecule has 0 saturated carbocycles. The molecule has 0 aliphatic carbocycles. The van der Waals surface area contributed by atoms with Crippen molar-refractivity contribution in [1.29, 1.82) is 0 Å². The number of fused-ring (bicyclic) bond motifs is 2. The van der Waals surface area contributed by atoms with E-state index in [1.165, 1.54) is 68.6 Å². The SMILES string of the molecule is CCC[C@H]1C(=O)NC(Cc2ccccc2)C(=O)N(C)C(Cc2cccc(-c3cccc4ccccc34)c2)C(=O)N2CCCC2C(=O)NC(C(C)CC)C(=O)N(C)[C@@H](C)C(=O)NC(CC(C)C)C(=O)N(C)C(C(C)(C)O)C(=O)OC([C@H](C)CC)C(=O)N1C. The summed E-state index contributed by atoms with van der Waals surface area (Å²) in [5.41, 5.74) is 1.26. The van der Waals surface area contributed by atoms with E-state index in [2.05, 4.69) is 16.0 Å². The second kappa shape index (κ2) is 30.3. The maximum absolute atomic E-state index is 15.7. The van der Waals surface area contributed by atoms with Crippen LogP contribution in [0.3, 0.4) is 0 Å². The summed E-state index contributed by atoms with van der Waals surface area (Å²) < 4.78 is 6.11. The van der Waals surface area contributed by atoms with Gasteiger partial charge in [-0.2, -0.15) is 0 Å². The molecule has 4 aromatic rings. The Kier molecular flexibility index (Phi) is 23.8. The van der Waals surface area contributed by atoms with Crippen molar-refractivity contribution in [1.82, 2.24) is 40.4 Å². The number of aliphatic hydroxyl groups is 1. The van der Waals surface area contributed by atoms with Crippen LogP contribution >= 0.6 is 0 Å². The Bertz CT molecular complexity index is 3090. The van der Waals surface area contributed by atoms with Gasteiger partial charge in [-0.1, -0.05) is 158 Å². The summed E-state index contributed by atoms with van der Waals surface area (Å²) in [6, 6.07) is 20.7. The Labute approximate surface area is 514 Å². The van der Waals surface area contributed by atoms with Gasteiger partial charge >= 0.3 is 5.97 Å². The molecule has 2 saturated heterocycles. The fourth-order valence-corrected chi connectivity index (χ4v) is 11.9. The first-order valence-corrected chi connectivity index (χ1v) is 31.0. The van der Waals surface area contributed by atoms with Gasteiger partial charge in [0.2, 0.25) is 41.4 Å². The number of hydrogen-bond acceptors (Lipinski definition) is 11. The minimum atomic E-state index is -1.97. The van der Waals surface area contributed by atoms with E-state index in [0.717, 1.165) is 26.8 Å². The fraction of sp³-hybridized carbons (Fsp3) is 0.544. The molecule has 472 valence electrons. The first-order chi connectivity index (χ1) is 41.1. The largest absolute Gasteiger partial charge is 0.450 e. The fourth-order valence-electron chi connectivity index (χ4n) is 11.9. The van der Waals surface area contributed by atoms with Gasteiger partial charge in [-0.15, -0.1) is 0 Å². The van der Waals surface area contributed by atoms with E-state index in [9.17, 15) is 29.1 Å². The molecular formula is C68H94N8O11. The Hall–Kier alpha value is -7.67. The van der Waals surface area contributed by atoms with E-state index in [0.29, 0.717) is 36.8 Å². The van der Waals surface area contributed by atoms with Crippen LogP contribution in [0.15, 0.2) is 97.1 Å². The van der Waals surface area contributed by atoms with Crippen LogP contribution in [-0.2, 0) is 60.7 Å². The highest BCUT2D eigenvalue weighted by Crippen LogP contribution is 2.31. The lowest BCUT2D eigenvalue weighted by molar-refractivity contribution is -0.177. The zero-order chi connectivity index (χ0) is 64.2. The standard InChI is InChI=1S/C68H94N8O11/c1-15-26-53-60(78)70-52(39-45-27-19-18-20-28-45)62(80)74(13)55(40-46-29-23-32-48(38-46)50-34-24-31-47-30-21-22-33-49(47)50)64(82)76-36-25-35-54(76)61(79)71-56(42(6)16-2)65(83)72(11)44(8)59(77)69-51(37-41(4)5)63(81)75(14)58(68(9,10)86)67(85)87-57(43(7)17-3)66(84)73(53)12/h18-24,27-34,38,41-44,51-58,86H,15-17,25-26,35-37,39-40H2,1-14H3,(H,69,77)(H,70,78)(H,71,79)/t42?,43-,44+,51?,52?,53+,54?,55?,56?,57?,58?/m1/s1. The molecule has 8 amide bonds. The molecule has 19 nitrogen and oxygen atoms in total. The Morgan fingerprint density at radius 2 is 1.21 bits per heavy atom. The van der Waals surface area contributed by atoms with Crippen molar-refractivity contribution in [3.05, 3.63) is 108 Å². The summed E-state index contributed by atoms with van der Waals surface area (Å²) in [7, 11) is 5.66. The van der Waals surface area contributed by atoms with E-state index < -0.39 is 125 Å². The maximum atomic E-state index is 15.7. The molecule has 0 spiro atoms. The van der Waals surface area contributed by atoms with Crippen LogP contribution in [-0.4, -0.2) is 178 Å². The zero-order valence-corrected chi connectivity index (χ0v) is 53.5. The number of carbonyl (C=O) groups is 9. The van der Waals surface area contributed by atoms with Crippen molar-refractivity contribution >= 4 is 64.0 Å². The monoisotopic (exact) mass is 1200 g/mol. The molecule has 2 heterocycles. The predicted octanol–water partition coefficient (Wildman–Crippen LogP) is 6.70. The lowest BCUT2D eigenvalue weighted by Gasteiger charge is -2.39. The Morgan fingerprint density at radius 3 is 1.85 bits per heavy atom. The molecule has 87 heavy (non-hydrogen) atoms. The number of rotatable bonds is 14. The topological polar surface area (TPSA) is 235 Å². The van der Waals surface area contributed by atoms with E-state index in [1.54, 1.807) is 32.9 Å². The first kappa shape index (κ1) is 68.4. The van der Waals surface area contributed by atoms with Gasteiger partial charge in [-0.05, 0) is 97.7 Å². The summed E-state index contributed by atoms with van der Waals surface area (Å²) in [6.07, 6.45) is 0.505. The van der Waals surface area contributed by atoms with Gasteiger partial charge in [0.1, 0.15) is 42.3 Å². The predicted molar refractivity (Wildman–Crippen MR) is 335 cm³/mol. The zero-order valence-electron chi connectivity index (χ0n) is 53.5. The lowest BCUT2D eigenvalue weighted by atomic mass is 9.94. The molecule has 19 heteroatoms. The second-order valence-corrected chi connectivity index (χ2v) is 25.0. The van der Waals surface area contributed by atoms with Gasteiger partial charge in [0, 0.05) is 53.5 Å². The maximum Gasteiger partial charge on any atom is 0.332 e. The molecule has 11 atom stereocenters. The highest BCUT2D eigenvalue weighted by Gasteiger charge is 2.47. The van der Waals surface area contributed by atoms with E-state index in [1.807, 2.05) is 113 Å². The first-order valence-electron chi connectivity index (χ1n) is 31.0. The molecule has 8 unspecified atom stereocenters. The van der Waals surface area contributed by atoms with Crippen LogP contribution in [0.4, 0.5) is 0 Å². The Morgan fingerprint density at radius 1 is 0.609 bits per heavy atom. The quantitative estimate of drug-likeness (QED) is 0.0970. The van der Waals surface area contributed by atoms with Crippen molar-refractivity contribution in [2.24, 2.45) is 17.8 Å². The highest BCUT2D eigenvalue weighted by atomic mass is 16.6. The molecule has 0 bridgehead atoms. The number of hydrogen-bond donors (Lipinski definition) is 4. The molecule has 0 aromatic heterocycles. The highest BCUT2D eigenvalue weighted by molar-refractivity contribution is 6.00. The van der Waals surface area contributed by atoms with Crippen molar-refractivity contribution in [2.45, 2.75) is 187 Å². The molecule has 2 aliphatic rings. The molecule has 4 aromatic carbocycles. The summed E-state index contributed by atoms with van der Waals surface area (Å²) in [6.45, 7) is 17.0. The molecule has 4 N–H and O–H groups in total. The van der Waals surface area contributed by atoms with Crippen LogP contribution in [0.2, 0.25) is 0 Å².